The Labute approximate surface area is 87.7 Å². The van der Waals surface area contributed by atoms with Crippen molar-refractivity contribution in [2.45, 2.75) is 32.2 Å². The summed E-state index contributed by atoms with van der Waals surface area (Å²) in [6.07, 6.45) is 0. The van der Waals surface area contributed by atoms with Gasteiger partial charge in [-0.15, -0.1) is 0 Å². The van der Waals surface area contributed by atoms with Gasteiger partial charge in [-0.1, -0.05) is 35.8 Å². The van der Waals surface area contributed by atoms with Crippen molar-refractivity contribution in [2.75, 3.05) is 5.32 Å². The van der Waals surface area contributed by atoms with Gasteiger partial charge in [-0.25, -0.2) is 0 Å². The van der Waals surface area contributed by atoms with E-state index in [1.807, 2.05) is 0 Å². The Balaban J connectivity index is 2.55. The van der Waals surface area contributed by atoms with E-state index in [2.05, 4.69) is 60.2 Å². The van der Waals surface area contributed by atoms with E-state index in [0.29, 0.717) is 6.04 Å². The highest BCUT2D eigenvalue weighted by molar-refractivity contribution is 9.10. The molecule has 2 rings (SSSR count). The van der Waals surface area contributed by atoms with Gasteiger partial charge in [0.1, 0.15) is 0 Å². The van der Waals surface area contributed by atoms with E-state index in [1.54, 1.807) is 0 Å². The molecule has 0 saturated heterocycles. The fourth-order valence-corrected chi connectivity index (χ4v) is 2.21. The molecule has 1 nitrogen and oxygen atoms in total. The van der Waals surface area contributed by atoms with Crippen LogP contribution < -0.4 is 5.32 Å². The molecular formula is C11H14BrN. The molecule has 70 valence electrons. The van der Waals surface area contributed by atoms with Gasteiger partial charge in [-0.3, -0.25) is 0 Å². The Morgan fingerprint density at radius 1 is 1.38 bits per heavy atom. The average Bonchev–Trinajstić information content (AvgIpc) is 2.23. The van der Waals surface area contributed by atoms with Crippen LogP contribution >= 0.6 is 15.9 Å². The average molecular weight is 240 g/mol. The van der Waals surface area contributed by atoms with Crippen molar-refractivity contribution >= 4 is 21.6 Å². The van der Waals surface area contributed by atoms with Crippen molar-refractivity contribution in [3.63, 3.8) is 0 Å². The summed E-state index contributed by atoms with van der Waals surface area (Å²) < 4.78 is 1.14. The van der Waals surface area contributed by atoms with Crippen molar-refractivity contribution in [3.8, 4) is 0 Å². The zero-order valence-corrected chi connectivity index (χ0v) is 9.77. The highest BCUT2D eigenvalue weighted by atomic mass is 79.9. The monoisotopic (exact) mass is 239 g/mol. The third kappa shape index (κ3) is 1.28. The number of rotatable bonds is 0. The van der Waals surface area contributed by atoms with Gasteiger partial charge in [0.2, 0.25) is 0 Å². The van der Waals surface area contributed by atoms with Crippen LogP contribution in [-0.4, -0.2) is 6.04 Å². The van der Waals surface area contributed by atoms with Gasteiger partial charge in [-0.05, 0) is 24.6 Å². The minimum absolute atomic E-state index is 0.246. The standard InChI is InChI=1S/C11H14BrN/c1-7-11(2,3)9-5-4-8(12)6-10(9)13-7/h4-7,13H,1-3H3. The summed E-state index contributed by atoms with van der Waals surface area (Å²) >= 11 is 3.48. The maximum Gasteiger partial charge on any atom is 0.0392 e. The van der Waals surface area contributed by atoms with Crippen LogP contribution in [0.3, 0.4) is 0 Å². The lowest BCUT2D eigenvalue weighted by Crippen LogP contribution is -2.29. The van der Waals surface area contributed by atoms with Gasteiger partial charge in [0.25, 0.3) is 0 Å². The Hall–Kier alpha value is -0.500. The summed E-state index contributed by atoms with van der Waals surface area (Å²) in [6, 6.07) is 6.98. The number of nitrogens with one attached hydrogen (secondary N) is 1. The van der Waals surface area contributed by atoms with E-state index in [9.17, 15) is 0 Å². The fourth-order valence-electron chi connectivity index (χ4n) is 1.84. The van der Waals surface area contributed by atoms with E-state index in [4.69, 9.17) is 0 Å². The smallest absolute Gasteiger partial charge is 0.0392 e. The molecule has 1 aromatic rings. The van der Waals surface area contributed by atoms with Gasteiger partial charge < -0.3 is 5.32 Å². The molecule has 0 amide bonds. The molecule has 0 fully saturated rings. The van der Waals surface area contributed by atoms with Crippen LogP contribution in [0.15, 0.2) is 22.7 Å². The lowest BCUT2D eigenvalue weighted by atomic mass is 9.81. The second kappa shape index (κ2) is 2.74. The quantitative estimate of drug-likeness (QED) is 0.731. The summed E-state index contributed by atoms with van der Waals surface area (Å²) in [5, 5.41) is 3.50. The second-order valence-corrected chi connectivity index (χ2v) is 5.19. The molecule has 0 aromatic heterocycles. The third-order valence-corrected chi connectivity index (χ3v) is 3.62. The molecule has 1 aromatic carbocycles. The van der Waals surface area contributed by atoms with Crippen molar-refractivity contribution in [3.05, 3.63) is 28.2 Å². The number of hydrogen-bond donors (Lipinski definition) is 1. The van der Waals surface area contributed by atoms with Crippen molar-refractivity contribution in [1.82, 2.24) is 0 Å². The van der Waals surface area contributed by atoms with E-state index < -0.39 is 0 Å². The van der Waals surface area contributed by atoms with Crippen molar-refractivity contribution in [2.24, 2.45) is 0 Å². The molecule has 1 heterocycles. The molecule has 0 aliphatic carbocycles. The van der Waals surface area contributed by atoms with Crippen LogP contribution in [0.25, 0.3) is 0 Å². The first-order valence-electron chi connectivity index (χ1n) is 4.58. The molecular weight excluding hydrogens is 226 g/mol. The molecule has 0 saturated carbocycles. The first-order valence-corrected chi connectivity index (χ1v) is 5.37. The molecule has 13 heavy (non-hydrogen) atoms. The first kappa shape index (κ1) is 9.07. The molecule has 1 atom stereocenters. The zero-order valence-electron chi connectivity index (χ0n) is 8.19. The van der Waals surface area contributed by atoms with E-state index in [1.165, 1.54) is 11.3 Å². The van der Waals surface area contributed by atoms with Gasteiger partial charge >= 0.3 is 0 Å². The molecule has 1 unspecified atom stereocenters. The number of hydrogen-bond acceptors (Lipinski definition) is 1. The predicted molar refractivity (Wildman–Crippen MR) is 60.3 cm³/mol. The Kier molecular flexibility index (Phi) is 1.91. The summed E-state index contributed by atoms with van der Waals surface area (Å²) in [7, 11) is 0. The lowest BCUT2D eigenvalue weighted by molar-refractivity contribution is 0.486. The summed E-state index contributed by atoms with van der Waals surface area (Å²) in [5.74, 6) is 0. The number of anilines is 1. The largest absolute Gasteiger partial charge is 0.381 e. The van der Waals surface area contributed by atoms with Crippen LogP contribution in [-0.2, 0) is 5.41 Å². The van der Waals surface area contributed by atoms with Crippen molar-refractivity contribution in [1.29, 1.82) is 0 Å². The van der Waals surface area contributed by atoms with Gasteiger partial charge in [0, 0.05) is 21.6 Å². The van der Waals surface area contributed by atoms with Crippen LogP contribution in [0.2, 0.25) is 0 Å². The molecule has 1 aliphatic rings. The molecule has 1 N–H and O–H groups in total. The number of benzene rings is 1. The molecule has 0 spiro atoms. The van der Waals surface area contributed by atoms with Crippen LogP contribution in [0.5, 0.6) is 0 Å². The molecule has 2 heteroatoms. The first-order chi connectivity index (χ1) is 6.01. The summed E-state index contributed by atoms with van der Waals surface area (Å²) in [6.45, 7) is 6.79. The maximum atomic E-state index is 3.50. The number of halogens is 1. The van der Waals surface area contributed by atoms with E-state index >= 15 is 0 Å². The van der Waals surface area contributed by atoms with Gasteiger partial charge in [0.15, 0.2) is 0 Å². The molecule has 1 aliphatic heterocycles. The van der Waals surface area contributed by atoms with E-state index in [-0.39, 0.29) is 5.41 Å². The van der Waals surface area contributed by atoms with Gasteiger partial charge in [-0.2, -0.15) is 0 Å². The normalized spacial score (nSPS) is 23.8. The summed E-state index contributed by atoms with van der Waals surface area (Å²) in [5.41, 5.74) is 2.94. The SMILES string of the molecule is CC1Nc2cc(Br)ccc2C1(C)C. The second-order valence-electron chi connectivity index (χ2n) is 4.28. The third-order valence-electron chi connectivity index (χ3n) is 3.13. The summed E-state index contributed by atoms with van der Waals surface area (Å²) in [4.78, 5) is 0. The van der Waals surface area contributed by atoms with Gasteiger partial charge in [0.05, 0.1) is 0 Å². The Morgan fingerprint density at radius 3 is 2.77 bits per heavy atom. The molecule has 0 bridgehead atoms. The lowest BCUT2D eigenvalue weighted by Gasteiger charge is -2.23. The van der Waals surface area contributed by atoms with Crippen LogP contribution in [0.1, 0.15) is 26.3 Å². The Morgan fingerprint density at radius 2 is 2.08 bits per heavy atom. The zero-order chi connectivity index (χ0) is 9.64. The highest BCUT2D eigenvalue weighted by Gasteiger charge is 2.35. The minimum Gasteiger partial charge on any atom is -0.381 e. The fraction of sp³-hybridized carbons (Fsp3) is 0.455. The van der Waals surface area contributed by atoms with Crippen LogP contribution in [0.4, 0.5) is 5.69 Å². The predicted octanol–water partition coefficient (Wildman–Crippen LogP) is 3.54. The Bertz CT molecular complexity index is 344. The highest BCUT2D eigenvalue weighted by Crippen LogP contribution is 2.41. The maximum absolute atomic E-state index is 3.50. The topological polar surface area (TPSA) is 12.0 Å². The van der Waals surface area contributed by atoms with E-state index in [0.717, 1.165) is 4.47 Å². The number of fused-ring (bicyclic) bond motifs is 1. The molecule has 0 radical (unpaired) electrons. The van der Waals surface area contributed by atoms with Crippen LogP contribution in [0, 0.1) is 0 Å². The minimum atomic E-state index is 0.246. The van der Waals surface area contributed by atoms with Crippen molar-refractivity contribution < 1.29 is 0 Å².